The van der Waals surface area contributed by atoms with Crippen LogP contribution in [0.1, 0.15) is 12.8 Å². The predicted molar refractivity (Wildman–Crippen MR) is 104 cm³/mol. The zero-order valence-corrected chi connectivity index (χ0v) is 20.5. The molecule has 2 aromatic rings. The lowest BCUT2D eigenvalue weighted by Crippen LogP contribution is -3.00. The summed E-state index contributed by atoms with van der Waals surface area (Å²) in [5, 5.41) is 0. The molecule has 0 saturated heterocycles. The van der Waals surface area contributed by atoms with E-state index in [-0.39, 0.29) is 41.6 Å². The maximum Gasteiger partial charge on any atom is 0.243 e. The van der Waals surface area contributed by atoms with Crippen molar-refractivity contribution in [2.24, 2.45) is 7.05 Å². The van der Waals surface area contributed by atoms with Crippen LogP contribution in [0, 0.1) is 0 Å². The normalized spacial score (nSPS) is 10.5. The van der Waals surface area contributed by atoms with E-state index in [1.54, 1.807) is 0 Å². The highest BCUT2D eigenvalue weighted by Crippen LogP contribution is 2.00. The molecule has 0 saturated carbocycles. The van der Waals surface area contributed by atoms with Crippen LogP contribution >= 0.6 is 0 Å². The summed E-state index contributed by atoms with van der Waals surface area (Å²) < 4.78 is 6.50. The van der Waals surface area contributed by atoms with E-state index >= 15 is 0 Å². The summed E-state index contributed by atoms with van der Waals surface area (Å²) >= 11 is 0. The molecule has 0 bridgehead atoms. The Kier molecular flexibility index (Phi) is 13.6. The summed E-state index contributed by atoms with van der Waals surface area (Å²) in [5.41, 5.74) is 0. The van der Waals surface area contributed by atoms with Gasteiger partial charge in [0.15, 0.2) is 0 Å². The molecule has 7 heteroatoms. The number of hydrogen-bond donors (Lipinski definition) is 0. The van der Waals surface area contributed by atoms with E-state index in [9.17, 15) is 0 Å². The summed E-state index contributed by atoms with van der Waals surface area (Å²) in [6, 6.07) is 2.90. The molecule has 138 valence electrons. The van der Waals surface area contributed by atoms with Crippen molar-refractivity contribution < 1.29 is 28.5 Å². The van der Waals surface area contributed by atoms with Crippen LogP contribution in [0.3, 0.4) is 0 Å². The first-order chi connectivity index (χ1) is 11.0. The number of hydrogen-bond acceptors (Lipinski definition) is 1. The Balaban J connectivity index is 0.000000425. The Morgan fingerprint density at radius 2 is 1.50 bits per heavy atom. The lowest BCUT2D eigenvalue weighted by Gasteiger charge is -2.03. The number of imidazole rings is 2. The maximum atomic E-state index is 3.99. The Morgan fingerprint density at radius 3 is 1.92 bits per heavy atom. The Bertz CT molecular complexity index is 512. The van der Waals surface area contributed by atoms with Gasteiger partial charge in [0.1, 0.15) is 12.4 Å². The standard InChI is InChI=1S/C9H19N2Si.C8H16N2Si.HI/c1-10-6-7-11(9-10)5-4-8-12(2)3;1-11(2)7-3-5-10-6-4-9-8-10;/h6-7,9,12H,4-5,8H2,1-3H3;4,6,8,11H,3,5,7H2,1-2H3;1H/q+1;;/p-1. The van der Waals surface area contributed by atoms with Crippen molar-refractivity contribution in [1.29, 1.82) is 0 Å². The van der Waals surface area contributed by atoms with Gasteiger partial charge < -0.3 is 28.5 Å². The van der Waals surface area contributed by atoms with E-state index < -0.39 is 0 Å². The van der Waals surface area contributed by atoms with E-state index in [1.807, 2.05) is 18.7 Å². The molecule has 0 aliphatic heterocycles. The predicted octanol–water partition coefficient (Wildman–Crippen LogP) is -0.0467. The van der Waals surface area contributed by atoms with Gasteiger partial charge in [-0.2, -0.15) is 0 Å². The van der Waals surface area contributed by atoms with E-state index in [0.29, 0.717) is 0 Å². The van der Waals surface area contributed by atoms with E-state index in [1.165, 1.54) is 31.5 Å². The first kappa shape index (κ1) is 23.6. The summed E-state index contributed by atoms with van der Waals surface area (Å²) in [4.78, 5) is 3.99. The third-order valence-electron chi connectivity index (χ3n) is 3.78. The van der Waals surface area contributed by atoms with Crippen molar-refractivity contribution >= 4 is 17.6 Å². The molecule has 0 aromatic carbocycles. The van der Waals surface area contributed by atoms with Crippen LogP contribution in [0.2, 0.25) is 38.3 Å². The zero-order chi connectivity index (χ0) is 17.1. The number of aryl methyl sites for hydroxylation is 3. The number of rotatable bonds is 8. The molecule has 2 aromatic heterocycles. The minimum Gasteiger partial charge on any atom is -1.00 e. The zero-order valence-electron chi connectivity index (χ0n) is 16.0. The van der Waals surface area contributed by atoms with Crippen molar-refractivity contribution in [3.63, 3.8) is 0 Å². The minimum absolute atomic E-state index is 0. The Hall–Kier alpha value is -0.416. The molecule has 0 aliphatic carbocycles. The van der Waals surface area contributed by atoms with E-state index in [4.69, 9.17) is 0 Å². The molecule has 0 atom stereocenters. The lowest BCUT2D eigenvalue weighted by molar-refractivity contribution is -0.671. The number of halogens is 1. The van der Waals surface area contributed by atoms with Gasteiger partial charge in [0.2, 0.25) is 6.33 Å². The van der Waals surface area contributed by atoms with Crippen molar-refractivity contribution in [1.82, 2.24) is 14.1 Å². The van der Waals surface area contributed by atoms with Crippen molar-refractivity contribution in [3.05, 3.63) is 37.4 Å². The van der Waals surface area contributed by atoms with Crippen molar-refractivity contribution in [2.75, 3.05) is 0 Å². The molecule has 4 nitrogen and oxygen atoms in total. The van der Waals surface area contributed by atoms with Crippen molar-refractivity contribution in [2.45, 2.75) is 64.2 Å². The molecule has 0 radical (unpaired) electrons. The summed E-state index contributed by atoms with van der Waals surface area (Å²) in [6.45, 7) is 11.9. The van der Waals surface area contributed by atoms with Gasteiger partial charge >= 0.3 is 0 Å². The molecule has 0 spiro atoms. The molecule has 2 heterocycles. The first-order valence-electron chi connectivity index (χ1n) is 8.94. The van der Waals surface area contributed by atoms with Gasteiger partial charge in [-0.3, -0.25) is 0 Å². The summed E-state index contributed by atoms with van der Waals surface area (Å²) in [7, 11) is 1.41. The SMILES string of the molecule is C[SiH](C)CCCn1ccnc1.C[n+]1ccn(CCC[SiH](C)C)c1.[I-]. The second-order valence-electron chi connectivity index (χ2n) is 7.19. The molecule has 0 amide bonds. The van der Waals surface area contributed by atoms with Crippen molar-refractivity contribution in [3.8, 4) is 0 Å². The molecule has 0 unspecified atom stereocenters. The molecule has 24 heavy (non-hydrogen) atoms. The lowest BCUT2D eigenvalue weighted by atomic mass is 10.5. The second kappa shape index (κ2) is 13.8. The van der Waals surface area contributed by atoms with Crippen LogP contribution in [0.5, 0.6) is 0 Å². The highest BCUT2D eigenvalue weighted by molar-refractivity contribution is 6.55. The fraction of sp³-hybridized carbons (Fsp3) is 0.647. The Labute approximate surface area is 168 Å². The van der Waals surface area contributed by atoms with Gasteiger partial charge in [0.05, 0.1) is 19.9 Å². The first-order valence-corrected chi connectivity index (χ1v) is 15.2. The Morgan fingerprint density at radius 1 is 0.917 bits per heavy atom. The quantitative estimate of drug-likeness (QED) is 0.297. The van der Waals surface area contributed by atoms with Crippen LogP contribution < -0.4 is 28.5 Å². The topological polar surface area (TPSA) is 26.6 Å². The van der Waals surface area contributed by atoms with Gasteiger partial charge in [-0.15, -0.1) is 0 Å². The van der Waals surface area contributed by atoms with E-state index in [2.05, 4.69) is 70.6 Å². The maximum absolute atomic E-state index is 3.99. The molecule has 2 rings (SSSR count). The van der Waals surface area contributed by atoms with Gasteiger partial charge in [-0.05, 0) is 12.8 Å². The van der Waals surface area contributed by atoms with Crippen LogP contribution in [0.25, 0.3) is 0 Å². The molecule has 0 fully saturated rings. The molecule has 0 N–H and O–H groups in total. The molecular formula is C17H35IN4Si2. The summed E-state index contributed by atoms with van der Waals surface area (Å²) in [6.07, 6.45) is 14.8. The van der Waals surface area contributed by atoms with Gasteiger partial charge in [-0.25, -0.2) is 14.1 Å². The summed E-state index contributed by atoms with van der Waals surface area (Å²) in [5.74, 6) is 0. The van der Waals surface area contributed by atoms with Gasteiger partial charge in [0, 0.05) is 36.5 Å². The monoisotopic (exact) mass is 478 g/mol. The number of aromatic nitrogens is 4. The van der Waals surface area contributed by atoms with E-state index in [0.717, 1.165) is 6.54 Å². The van der Waals surface area contributed by atoms with Crippen LogP contribution in [-0.2, 0) is 20.1 Å². The number of nitrogens with zero attached hydrogens (tertiary/aromatic N) is 4. The highest BCUT2D eigenvalue weighted by Gasteiger charge is 2.00. The highest BCUT2D eigenvalue weighted by atomic mass is 127. The second-order valence-corrected chi connectivity index (χ2v) is 13.9. The minimum atomic E-state index is -0.326. The van der Waals surface area contributed by atoms with Crippen LogP contribution in [-0.4, -0.2) is 31.7 Å². The fourth-order valence-corrected chi connectivity index (χ4v) is 4.42. The molecule has 0 aliphatic rings. The largest absolute Gasteiger partial charge is 1.00 e. The fourth-order valence-electron chi connectivity index (χ4n) is 2.42. The van der Waals surface area contributed by atoms with Gasteiger partial charge in [0.25, 0.3) is 0 Å². The van der Waals surface area contributed by atoms with Gasteiger partial charge in [-0.1, -0.05) is 38.3 Å². The van der Waals surface area contributed by atoms with Crippen LogP contribution in [0.15, 0.2) is 37.4 Å². The average molecular weight is 479 g/mol. The molecular weight excluding hydrogens is 443 g/mol. The van der Waals surface area contributed by atoms with Crippen LogP contribution in [0.4, 0.5) is 0 Å². The third kappa shape index (κ3) is 12.0. The average Bonchev–Trinajstić information content (AvgIpc) is 3.11. The third-order valence-corrected chi connectivity index (χ3v) is 6.90. The smallest absolute Gasteiger partial charge is 0.243 e.